The number of hydrogen-bond acceptors (Lipinski definition) is 3. The SMILES string of the molecule is CCCCCn1nnc(C=O)c1C1CCCCC1. The standard InChI is InChI=1S/C14H23N3O/c1-2-3-7-10-17-14(13(11-18)15-16-17)12-8-5-4-6-9-12/h11-12H,2-10H2,1H3. The van der Waals surface area contributed by atoms with Crippen molar-refractivity contribution in [2.75, 3.05) is 0 Å². The molecule has 1 aliphatic rings. The minimum Gasteiger partial charge on any atom is -0.296 e. The van der Waals surface area contributed by atoms with Gasteiger partial charge in [0.1, 0.15) is 5.69 Å². The van der Waals surface area contributed by atoms with E-state index in [1.807, 2.05) is 4.68 Å². The highest BCUT2D eigenvalue weighted by atomic mass is 16.1. The monoisotopic (exact) mass is 249 g/mol. The van der Waals surface area contributed by atoms with Crippen LogP contribution in [-0.2, 0) is 6.54 Å². The zero-order valence-electron chi connectivity index (χ0n) is 11.3. The molecule has 1 fully saturated rings. The van der Waals surface area contributed by atoms with Crippen LogP contribution in [0.3, 0.4) is 0 Å². The van der Waals surface area contributed by atoms with Crippen molar-refractivity contribution in [3.8, 4) is 0 Å². The molecule has 1 aromatic heterocycles. The smallest absolute Gasteiger partial charge is 0.172 e. The highest BCUT2D eigenvalue weighted by molar-refractivity contribution is 5.73. The van der Waals surface area contributed by atoms with Crippen LogP contribution in [0.4, 0.5) is 0 Å². The van der Waals surface area contributed by atoms with E-state index in [-0.39, 0.29) is 0 Å². The van der Waals surface area contributed by atoms with Crippen LogP contribution in [0.15, 0.2) is 0 Å². The van der Waals surface area contributed by atoms with Gasteiger partial charge in [0.25, 0.3) is 0 Å². The lowest BCUT2D eigenvalue weighted by Gasteiger charge is -2.22. The first-order valence-electron chi connectivity index (χ1n) is 7.25. The van der Waals surface area contributed by atoms with E-state index in [1.54, 1.807) is 0 Å². The molecule has 1 heterocycles. The van der Waals surface area contributed by atoms with Gasteiger partial charge >= 0.3 is 0 Å². The summed E-state index contributed by atoms with van der Waals surface area (Å²) in [5, 5.41) is 8.20. The van der Waals surface area contributed by atoms with Crippen LogP contribution >= 0.6 is 0 Å². The van der Waals surface area contributed by atoms with Gasteiger partial charge in [-0.15, -0.1) is 5.10 Å². The second-order valence-corrected chi connectivity index (χ2v) is 5.24. The Bertz CT molecular complexity index is 380. The van der Waals surface area contributed by atoms with Gasteiger partial charge in [-0.3, -0.25) is 4.79 Å². The Kier molecular flexibility index (Phi) is 4.90. The van der Waals surface area contributed by atoms with Crippen molar-refractivity contribution in [2.24, 2.45) is 0 Å². The predicted octanol–water partition coefficient (Wildman–Crippen LogP) is 3.33. The molecular weight excluding hydrogens is 226 g/mol. The number of nitrogens with zero attached hydrogens (tertiary/aromatic N) is 3. The lowest BCUT2D eigenvalue weighted by Crippen LogP contribution is -2.14. The van der Waals surface area contributed by atoms with Crippen molar-refractivity contribution in [3.05, 3.63) is 11.4 Å². The number of aryl methyl sites for hydroxylation is 1. The summed E-state index contributed by atoms with van der Waals surface area (Å²) in [4.78, 5) is 11.1. The lowest BCUT2D eigenvalue weighted by molar-refractivity contribution is 0.111. The summed E-state index contributed by atoms with van der Waals surface area (Å²) in [6, 6.07) is 0. The molecule has 0 saturated heterocycles. The second kappa shape index (κ2) is 6.66. The highest BCUT2D eigenvalue weighted by Crippen LogP contribution is 2.33. The summed E-state index contributed by atoms with van der Waals surface area (Å²) in [6.45, 7) is 3.10. The van der Waals surface area contributed by atoms with Crippen LogP contribution in [-0.4, -0.2) is 21.3 Å². The van der Waals surface area contributed by atoms with Crippen LogP contribution in [0.25, 0.3) is 0 Å². The molecule has 0 radical (unpaired) electrons. The molecule has 0 amide bonds. The average Bonchev–Trinajstić information content (AvgIpc) is 2.83. The van der Waals surface area contributed by atoms with E-state index < -0.39 is 0 Å². The third kappa shape index (κ3) is 2.98. The number of aldehydes is 1. The molecule has 1 aromatic rings. The zero-order valence-corrected chi connectivity index (χ0v) is 11.3. The van der Waals surface area contributed by atoms with Gasteiger partial charge in [0, 0.05) is 12.5 Å². The van der Waals surface area contributed by atoms with Crippen molar-refractivity contribution < 1.29 is 4.79 Å². The van der Waals surface area contributed by atoms with Crippen LogP contribution < -0.4 is 0 Å². The van der Waals surface area contributed by atoms with Gasteiger partial charge < -0.3 is 0 Å². The Labute approximate surface area is 109 Å². The summed E-state index contributed by atoms with van der Waals surface area (Å²) in [7, 11) is 0. The molecule has 0 aliphatic heterocycles. The maximum Gasteiger partial charge on any atom is 0.172 e. The van der Waals surface area contributed by atoms with Gasteiger partial charge in [0.15, 0.2) is 6.29 Å². The summed E-state index contributed by atoms with van der Waals surface area (Å²) in [5.74, 6) is 0.496. The minimum absolute atomic E-state index is 0.496. The third-order valence-electron chi connectivity index (χ3n) is 3.88. The van der Waals surface area contributed by atoms with E-state index in [4.69, 9.17) is 0 Å². The molecule has 0 spiro atoms. The fraction of sp³-hybridized carbons (Fsp3) is 0.786. The molecule has 4 nitrogen and oxygen atoms in total. The summed E-state index contributed by atoms with van der Waals surface area (Å²) >= 11 is 0. The number of carbonyl (C=O) groups excluding carboxylic acids is 1. The molecule has 1 saturated carbocycles. The van der Waals surface area contributed by atoms with Crippen molar-refractivity contribution in [3.63, 3.8) is 0 Å². The van der Waals surface area contributed by atoms with Gasteiger partial charge in [-0.05, 0) is 19.3 Å². The minimum atomic E-state index is 0.496. The molecule has 2 rings (SSSR count). The molecule has 0 N–H and O–H groups in total. The second-order valence-electron chi connectivity index (χ2n) is 5.24. The summed E-state index contributed by atoms with van der Waals surface area (Å²) in [5.41, 5.74) is 1.67. The molecule has 1 aliphatic carbocycles. The van der Waals surface area contributed by atoms with Gasteiger partial charge in [-0.2, -0.15) is 0 Å². The van der Waals surface area contributed by atoms with Gasteiger partial charge in [-0.25, -0.2) is 4.68 Å². The van der Waals surface area contributed by atoms with E-state index in [1.165, 1.54) is 44.9 Å². The molecule has 18 heavy (non-hydrogen) atoms. The topological polar surface area (TPSA) is 47.8 Å². The first kappa shape index (κ1) is 13.2. The fourth-order valence-corrected chi connectivity index (χ4v) is 2.89. The highest BCUT2D eigenvalue weighted by Gasteiger charge is 2.23. The maximum absolute atomic E-state index is 11.1. The Morgan fingerprint density at radius 1 is 1.28 bits per heavy atom. The quantitative estimate of drug-likeness (QED) is 0.574. The Morgan fingerprint density at radius 3 is 2.72 bits per heavy atom. The maximum atomic E-state index is 11.1. The van der Waals surface area contributed by atoms with E-state index in [9.17, 15) is 4.79 Å². The fourth-order valence-electron chi connectivity index (χ4n) is 2.89. The molecule has 0 bridgehead atoms. The lowest BCUT2D eigenvalue weighted by atomic mass is 9.86. The van der Waals surface area contributed by atoms with Crippen molar-refractivity contribution >= 4 is 6.29 Å². The first-order chi connectivity index (χ1) is 8.86. The Balaban J connectivity index is 2.13. The van der Waals surface area contributed by atoms with Crippen LogP contribution in [0.5, 0.6) is 0 Å². The summed E-state index contributed by atoms with van der Waals surface area (Å²) in [6.07, 6.45) is 10.6. The van der Waals surface area contributed by atoms with E-state index >= 15 is 0 Å². The average molecular weight is 249 g/mol. The van der Waals surface area contributed by atoms with E-state index in [0.29, 0.717) is 11.6 Å². The number of carbonyl (C=O) groups is 1. The van der Waals surface area contributed by atoms with Crippen molar-refractivity contribution in [2.45, 2.75) is 70.8 Å². The number of rotatable bonds is 6. The van der Waals surface area contributed by atoms with Gasteiger partial charge in [0.05, 0.1) is 5.69 Å². The normalized spacial score (nSPS) is 16.9. The van der Waals surface area contributed by atoms with Crippen LogP contribution in [0.1, 0.15) is 80.4 Å². The van der Waals surface area contributed by atoms with Crippen molar-refractivity contribution in [1.29, 1.82) is 0 Å². The number of hydrogen-bond donors (Lipinski definition) is 0. The molecule has 0 aromatic carbocycles. The largest absolute Gasteiger partial charge is 0.296 e. The predicted molar refractivity (Wildman–Crippen MR) is 70.8 cm³/mol. The number of unbranched alkanes of at least 4 members (excludes halogenated alkanes) is 2. The third-order valence-corrected chi connectivity index (χ3v) is 3.88. The Hall–Kier alpha value is -1.19. The molecular formula is C14H23N3O. The molecule has 100 valence electrons. The van der Waals surface area contributed by atoms with Crippen molar-refractivity contribution in [1.82, 2.24) is 15.0 Å². The molecule has 4 heteroatoms. The first-order valence-corrected chi connectivity index (χ1v) is 7.25. The van der Waals surface area contributed by atoms with E-state index in [2.05, 4.69) is 17.2 Å². The van der Waals surface area contributed by atoms with Gasteiger partial charge in [0.2, 0.25) is 0 Å². The number of aromatic nitrogens is 3. The molecule has 0 atom stereocenters. The molecule has 0 unspecified atom stereocenters. The zero-order chi connectivity index (χ0) is 12.8. The Morgan fingerprint density at radius 2 is 2.06 bits per heavy atom. The van der Waals surface area contributed by atoms with Crippen LogP contribution in [0.2, 0.25) is 0 Å². The summed E-state index contributed by atoms with van der Waals surface area (Å²) < 4.78 is 1.98. The van der Waals surface area contributed by atoms with E-state index in [0.717, 1.165) is 24.9 Å². The van der Waals surface area contributed by atoms with Crippen LogP contribution in [0, 0.1) is 0 Å². The van der Waals surface area contributed by atoms with Gasteiger partial charge in [-0.1, -0.05) is 44.2 Å².